The summed E-state index contributed by atoms with van der Waals surface area (Å²) in [6, 6.07) is 2.36. The lowest BCUT2D eigenvalue weighted by molar-refractivity contribution is 0.111. The highest BCUT2D eigenvalue weighted by Crippen LogP contribution is 2.17. The number of carbonyl (C=O) groups excluding carboxylic acids is 1. The minimum absolute atomic E-state index is 0.0917. The van der Waals surface area contributed by atoms with Crippen molar-refractivity contribution in [1.82, 2.24) is 0 Å². The topological polar surface area (TPSA) is 37.3 Å². The second-order valence-corrected chi connectivity index (χ2v) is 2.28. The number of aryl methyl sites for hydroxylation is 1. The quantitative estimate of drug-likeness (QED) is 0.624. The van der Waals surface area contributed by atoms with Crippen molar-refractivity contribution in [2.45, 2.75) is 6.92 Å². The fraction of sp³-hybridized carbons (Fsp3) is 0.125. The SMILES string of the molecule is Cc1cc(O)cc(C=O)c1F. The van der Waals surface area contributed by atoms with Gasteiger partial charge >= 0.3 is 0 Å². The molecule has 0 spiro atoms. The average Bonchev–Trinajstić information content (AvgIpc) is 1.96. The van der Waals surface area contributed by atoms with Crippen LogP contribution in [0.15, 0.2) is 12.1 Å². The fourth-order valence-corrected chi connectivity index (χ4v) is 0.863. The predicted octanol–water partition coefficient (Wildman–Crippen LogP) is 1.65. The van der Waals surface area contributed by atoms with Crippen LogP contribution in [0, 0.1) is 12.7 Å². The van der Waals surface area contributed by atoms with Crippen molar-refractivity contribution in [2.75, 3.05) is 0 Å². The third-order valence-electron chi connectivity index (χ3n) is 1.39. The van der Waals surface area contributed by atoms with Crippen LogP contribution in [0.2, 0.25) is 0 Å². The number of hydrogen-bond donors (Lipinski definition) is 1. The zero-order valence-electron chi connectivity index (χ0n) is 5.97. The van der Waals surface area contributed by atoms with E-state index in [1.54, 1.807) is 0 Å². The second-order valence-electron chi connectivity index (χ2n) is 2.28. The number of rotatable bonds is 1. The first-order valence-corrected chi connectivity index (χ1v) is 3.09. The van der Waals surface area contributed by atoms with Crippen LogP contribution in [-0.4, -0.2) is 11.4 Å². The van der Waals surface area contributed by atoms with Crippen LogP contribution in [-0.2, 0) is 0 Å². The molecule has 0 amide bonds. The maximum atomic E-state index is 12.8. The zero-order valence-corrected chi connectivity index (χ0v) is 5.97. The maximum absolute atomic E-state index is 12.8. The molecule has 0 aliphatic rings. The van der Waals surface area contributed by atoms with E-state index in [4.69, 9.17) is 5.11 Å². The highest BCUT2D eigenvalue weighted by atomic mass is 19.1. The molecule has 0 radical (unpaired) electrons. The lowest BCUT2D eigenvalue weighted by atomic mass is 10.1. The molecule has 0 atom stereocenters. The molecule has 0 heterocycles. The van der Waals surface area contributed by atoms with Gasteiger partial charge in [0.2, 0.25) is 0 Å². The van der Waals surface area contributed by atoms with E-state index in [2.05, 4.69) is 0 Å². The van der Waals surface area contributed by atoms with Crippen LogP contribution in [0.3, 0.4) is 0 Å². The van der Waals surface area contributed by atoms with Crippen molar-refractivity contribution in [1.29, 1.82) is 0 Å². The maximum Gasteiger partial charge on any atom is 0.153 e. The van der Waals surface area contributed by atoms with E-state index >= 15 is 0 Å². The first kappa shape index (κ1) is 7.72. The lowest BCUT2D eigenvalue weighted by Gasteiger charge is -1.99. The minimum Gasteiger partial charge on any atom is -0.508 e. The van der Waals surface area contributed by atoms with Gasteiger partial charge in [-0.05, 0) is 24.6 Å². The van der Waals surface area contributed by atoms with Gasteiger partial charge in [0.25, 0.3) is 0 Å². The molecular weight excluding hydrogens is 147 g/mol. The zero-order chi connectivity index (χ0) is 8.43. The Morgan fingerprint density at radius 3 is 2.73 bits per heavy atom. The lowest BCUT2D eigenvalue weighted by Crippen LogP contribution is -1.90. The summed E-state index contributed by atoms with van der Waals surface area (Å²) in [5.74, 6) is -0.663. The van der Waals surface area contributed by atoms with Gasteiger partial charge in [0, 0.05) is 0 Å². The number of benzene rings is 1. The molecule has 0 unspecified atom stereocenters. The Bertz CT molecular complexity index is 294. The van der Waals surface area contributed by atoms with Crippen molar-refractivity contribution in [3.8, 4) is 5.75 Å². The minimum atomic E-state index is -0.571. The van der Waals surface area contributed by atoms with Crippen molar-refractivity contribution < 1.29 is 14.3 Å². The smallest absolute Gasteiger partial charge is 0.153 e. The monoisotopic (exact) mass is 154 g/mol. The Kier molecular flexibility index (Phi) is 1.89. The van der Waals surface area contributed by atoms with Gasteiger partial charge < -0.3 is 5.11 Å². The summed E-state index contributed by atoms with van der Waals surface area (Å²) in [5.41, 5.74) is 0.162. The summed E-state index contributed by atoms with van der Waals surface area (Å²) < 4.78 is 12.8. The first-order valence-electron chi connectivity index (χ1n) is 3.09. The average molecular weight is 154 g/mol. The number of carbonyl (C=O) groups is 1. The van der Waals surface area contributed by atoms with E-state index in [0.29, 0.717) is 6.29 Å². The number of aldehydes is 1. The van der Waals surface area contributed by atoms with Crippen molar-refractivity contribution in [3.05, 3.63) is 29.1 Å². The molecule has 1 N–H and O–H groups in total. The number of phenolic OH excluding ortho intramolecular Hbond substituents is 1. The number of hydrogen-bond acceptors (Lipinski definition) is 2. The van der Waals surface area contributed by atoms with Crippen molar-refractivity contribution in [2.24, 2.45) is 0 Å². The molecular formula is C8H7FO2. The van der Waals surface area contributed by atoms with E-state index in [0.717, 1.165) is 6.07 Å². The molecule has 2 nitrogen and oxygen atoms in total. The van der Waals surface area contributed by atoms with Crippen molar-refractivity contribution in [3.63, 3.8) is 0 Å². The Morgan fingerprint density at radius 2 is 2.18 bits per heavy atom. The summed E-state index contributed by atoms with van der Waals surface area (Å²) in [5, 5.41) is 8.92. The molecule has 0 aliphatic carbocycles. The molecule has 11 heavy (non-hydrogen) atoms. The van der Waals surface area contributed by atoms with E-state index in [1.165, 1.54) is 13.0 Å². The third-order valence-corrected chi connectivity index (χ3v) is 1.39. The van der Waals surface area contributed by atoms with Gasteiger partial charge in [-0.15, -0.1) is 0 Å². The molecule has 1 aromatic carbocycles. The third kappa shape index (κ3) is 1.37. The number of halogens is 1. The predicted molar refractivity (Wildman–Crippen MR) is 38.2 cm³/mol. The summed E-state index contributed by atoms with van der Waals surface area (Å²) in [6.07, 6.45) is 0.377. The van der Waals surface area contributed by atoms with E-state index in [9.17, 15) is 9.18 Å². The van der Waals surface area contributed by atoms with Gasteiger partial charge in [0.15, 0.2) is 6.29 Å². The number of phenols is 1. The first-order chi connectivity index (χ1) is 5.15. The second kappa shape index (κ2) is 2.70. The van der Waals surface area contributed by atoms with Gasteiger partial charge in [-0.25, -0.2) is 4.39 Å². The van der Waals surface area contributed by atoms with Crippen LogP contribution >= 0.6 is 0 Å². The molecule has 0 aromatic heterocycles. The molecule has 1 rings (SSSR count). The Labute approximate surface area is 63.3 Å². The van der Waals surface area contributed by atoms with Crippen LogP contribution in [0.4, 0.5) is 4.39 Å². The van der Waals surface area contributed by atoms with Crippen LogP contribution in [0.5, 0.6) is 5.75 Å². The van der Waals surface area contributed by atoms with Gasteiger partial charge in [-0.2, -0.15) is 0 Å². The highest BCUT2D eigenvalue weighted by molar-refractivity contribution is 5.76. The van der Waals surface area contributed by atoms with E-state index < -0.39 is 5.82 Å². The summed E-state index contributed by atoms with van der Waals surface area (Å²) in [7, 11) is 0. The van der Waals surface area contributed by atoms with E-state index in [-0.39, 0.29) is 16.9 Å². The normalized spacial score (nSPS) is 9.64. The molecule has 0 aliphatic heterocycles. The molecule has 1 aromatic rings. The highest BCUT2D eigenvalue weighted by Gasteiger charge is 2.05. The molecule has 0 fully saturated rings. The summed E-state index contributed by atoms with van der Waals surface area (Å²) >= 11 is 0. The molecule has 0 bridgehead atoms. The van der Waals surface area contributed by atoms with Gasteiger partial charge in [-0.3, -0.25) is 4.79 Å². The van der Waals surface area contributed by atoms with Crippen LogP contribution in [0.25, 0.3) is 0 Å². The molecule has 58 valence electrons. The Morgan fingerprint density at radius 1 is 1.55 bits per heavy atom. The molecule has 0 saturated carbocycles. The van der Waals surface area contributed by atoms with Crippen LogP contribution in [0.1, 0.15) is 15.9 Å². The molecule has 3 heteroatoms. The molecule has 0 saturated heterocycles. The van der Waals surface area contributed by atoms with Crippen LogP contribution < -0.4 is 0 Å². The Balaban J connectivity index is 3.35. The van der Waals surface area contributed by atoms with Gasteiger partial charge in [0.05, 0.1) is 5.56 Å². The summed E-state index contributed by atoms with van der Waals surface area (Å²) in [4.78, 5) is 10.2. The fourth-order valence-electron chi connectivity index (χ4n) is 0.863. The van der Waals surface area contributed by atoms with Gasteiger partial charge in [0.1, 0.15) is 11.6 Å². The van der Waals surface area contributed by atoms with Crippen molar-refractivity contribution >= 4 is 6.29 Å². The Hall–Kier alpha value is -1.38. The largest absolute Gasteiger partial charge is 0.508 e. The van der Waals surface area contributed by atoms with E-state index in [1.807, 2.05) is 0 Å². The standard InChI is InChI=1S/C8H7FO2/c1-5-2-7(11)3-6(4-10)8(5)9/h2-4,11H,1H3. The van der Waals surface area contributed by atoms with Gasteiger partial charge in [-0.1, -0.05) is 0 Å². The number of aromatic hydroxyl groups is 1. The summed E-state index contributed by atoms with van der Waals surface area (Å²) in [6.45, 7) is 1.49.